The third-order valence-electron chi connectivity index (χ3n) is 2.14. The van der Waals surface area contributed by atoms with Gasteiger partial charge in [0.05, 0.1) is 18.6 Å². The standard InChI is InChI=1S/C9H10N2O2/c12-7-4-8(13)11-9(7)6-2-1-3-10-5-6/h1-3,5,7,9,12H,4H2,(H,11,13)/t7-,9+/m0/s1. The molecule has 0 radical (unpaired) electrons. The number of carbonyl (C=O) groups excluding carboxylic acids is 1. The molecule has 1 aromatic heterocycles. The molecule has 1 amide bonds. The Morgan fingerprint density at radius 2 is 2.46 bits per heavy atom. The highest BCUT2D eigenvalue weighted by Gasteiger charge is 2.31. The Bertz CT molecular complexity index is 313. The molecule has 0 bridgehead atoms. The fourth-order valence-electron chi connectivity index (χ4n) is 1.50. The monoisotopic (exact) mass is 178 g/mol. The molecule has 1 aromatic rings. The summed E-state index contributed by atoms with van der Waals surface area (Å²) in [6.45, 7) is 0. The average Bonchev–Trinajstić information content (AvgIpc) is 2.47. The molecule has 1 aliphatic rings. The van der Waals surface area contributed by atoms with Crippen molar-refractivity contribution < 1.29 is 9.90 Å². The van der Waals surface area contributed by atoms with Gasteiger partial charge in [-0.15, -0.1) is 0 Å². The fourth-order valence-corrected chi connectivity index (χ4v) is 1.50. The molecule has 0 aromatic carbocycles. The number of hydrogen-bond donors (Lipinski definition) is 2. The van der Waals surface area contributed by atoms with Gasteiger partial charge in [-0.25, -0.2) is 0 Å². The lowest BCUT2D eigenvalue weighted by Crippen LogP contribution is -2.22. The van der Waals surface area contributed by atoms with Gasteiger partial charge in [-0.05, 0) is 11.6 Å². The van der Waals surface area contributed by atoms with Gasteiger partial charge in [0.25, 0.3) is 0 Å². The van der Waals surface area contributed by atoms with Crippen LogP contribution in [-0.4, -0.2) is 22.1 Å². The summed E-state index contributed by atoms with van der Waals surface area (Å²) in [5, 5.41) is 12.2. The first-order chi connectivity index (χ1) is 6.27. The van der Waals surface area contributed by atoms with Crippen molar-refractivity contribution >= 4 is 5.91 Å². The Morgan fingerprint density at radius 3 is 3.00 bits per heavy atom. The third kappa shape index (κ3) is 1.53. The van der Waals surface area contributed by atoms with E-state index in [1.54, 1.807) is 18.5 Å². The molecule has 1 saturated heterocycles. The SMILES string of the molecule is O=C1C[C@H](O)[C@@H](c2cccnc2)N1. The van der Waals surface area contributed by atoms with Crippen molar-refractivity contribution in [2.45, 2.75) is 18.6 Å². The van der Waals surface area contributed by atoms with E-state index in [0.717, 1.165) is 5.56 Å². The molecule has 13 heavy (non-hydrogen) atoms. The van der Waals surface area contributed by atoms with Gasteiger partial charge in [0.15, 0.2) is 0 Å². The normalized spacial score (nSPS) is 27.3. The molecular weight excluding hydrogens is 168 g/mol. The van der Waals surface area contributed by atoms with Gasteiger partial charge in [-0.1, -0.05) is 6.07 Å². The van der Waals surface area contributed by atoms with Crippen LogP contribution in [0.2, 0.25) is 0 Å². The second-order valence-electron chi connectivity index (χ2n) is 3.10. The van der Waals surface area contributed by atoms with Crippen LogP contribution in [0.25, 0.3) is 0 Å². The van der Waals surface area contributed by atoms with Crippen LogP contribution < -0.4 is 5.32 Å². The number of rotatable bonds is 1. The second kappa shape index (κ2) is 3.14. The number of aromatic nitrogens is 1. The molecule has 0 spiro atoms. The van der Waals surface area contributed by atoms with E-state index in [1.165, 1.54) is 0 Å². The molecule has 2 heterocycles. The molecule has 2 rings (SSSR count). The lowest BCUT2D eigenvalue weighted by Gasteiger charge is -2.13. The van der Waals surface area contributed by atoms with Crippen molar-refractivity contribution in [1.29, 1.82) is 0 Å². The zero-order chi connectivity index (χ0) is 9.26. The molecule has 2 N–H and O–H groups in total. The number of nitrogens with one attached hydrogen (secondary N) is 1. The molecule has 4 heteroatoms. The van der Waals surface area contributed by atoms with Gasteiger partial charge in [0, 0.05) is 12.4 Å². The van der Waals surface area contributed by atoms with E-state index < -0.39 is 6.10 Å². The lowest BCUT2D eigenvalue weighted by molar-refractivity contribution is -0.119. The number of nitrogens with zero attached hydrogens (tertiary/aromatic N) is 1. The van der Waals surface area contributed by atoms with E-state index in [1.807, 2.05) is 6.07 Å². The molecule has 0 unspecified atom stereocenters. The minimum absolute atomic E-state index is 0.110. The molecule has 1 fully saturated rings. The molecule has 0 saturated carbocycles. The Kier molecular flexibility index (Phi) is 1.98. The Balaban J connectivity index is 2.23. The molecular formula is C9H10N2O2. The number of pyridine rings is 1. The van der Waals surface area contributed by atoms with Crippen LogP contribution in [0.15, 0.2) is 24.5 Å². The highest BCUT2D eigenvalue weighted by atomic mass is 16.3. The summed E-state index contributed by atoms with van der Waals surface area (Å²) in [6.07, 6.45) is 2.86. The Morgan fingerprint density at radius 1 is 1.62 bits per heavy atom. The summed E-state index contributed by atoms with van der Waals surface area (Å²) in [4.78, 5) is 14.9. The summed E-state index contributed by atoms with van der Waals surface area (Å²) in [5.41, 5.74) is 0.848. The second-order valence-corrected chi connectivity index (χ2v) is 3.10. The van der Waals surface area contributed by atoms with Gasteiger partial charge in [-0.3, -0.25) is 9.78 Å². The van der Waals surface area contributed by atoms with Crippen LogP contribution in [0.4, 0.5) is 0 Å². The summed E-state index contributed by atoms with van der Waals surface area (Å²) in [6, 6.07) is 3.33. The summed E-state index contributed by atoms with van der Waals surface area (Å²) in [5.74, 6) is -0.110. The predicted molar refractivity (Wildman–Crippen MR) is 45.7 cm³/mol. The number of carbonyl (C=O) groups is 1. The smallest absolute Gasteiger partial charge is 0.223 e. The van der Waals surface area contributed by atoms with E-state index in [4.69, 9.17) is 0 Å². The van der Waals surface area contributed by atoms with Crippen molar-refractivity contribution in [3.8, 4) is 0 Å². The number of aliphatic hydroxyl groups is 1. The van der Waals surface area contributed by atoms with Crippen LogP contribution in [-0.2, 0) is 4.79 Å². The van der Waals surface area contributed by atoms with Crippen LogP contribution in [0.3, 0.4) is 0 Å². The quantitative estimate of drug-likeness (QED) is 0.636. The van der Waals surface area contributed by atoms with Gasteiger partial charge >= 0.3 is 0 Å². The molecule has 0 aliphatic carbocycles. The minimum Gasteiger partial charge on any atom is -0.390 e. The summed E-state index contributed by atoms with van der Waals surface area (Å²) in [7, 11) is 0. The molecule has 1 aliphatic heterocycles. The number of aliphatic hydroxyl groups excluding tert-OH is 1. The van der Waals surface area contributed by atoms with E-state index in [2.05, 4.69) is 10.3 Å². The maximum Gasteiger partial charge on any atom is 0.223 e. The highest BCUT2D eigenvalue weighted by Crippen LogP contribution is 2.23. The predicted octanol–water partition coefficient (Wildman–Crippen LogP) is 0.00350. The van der Waals surface area contributed by atoms with Crippen LogP contribution in [0, 0.1) is 0 Å². The van der Waals surface area contributed by atoms with Crippen molar-refractivity contribution in [2.24, 2.45) is 0 Å². The first-order valence-corrected chi connectivity index (χ1v) is 4.15. The topological polar surface area (TPSA) is 62.2 Å². The Hall–Kier alpha value is -1.42. The summed E-state index contributed by atoms with van der Waals surface area (Å²) < 4.78 is 0. The highest BCUT2D eigenvalue weighted by molar-refractivity contribution is 5.79. The van der Waals surface area contributed by atoms with E-state index in [-0.39, 0.29) is 18.4 Å². The maximum absolute atomic E-state index is 10.9. The van der Waals surface area contributed by atoms with Crippen molar-refractivity contribution in [3.63, 3.8) is 0 Å². The molecule has 2 atom stereocenters. The van der Waals surface area contributed by atoms with Crippen LogP contribution in [0.5, 0.6) is 0 Å². The van der Waals surface area contributed by atoms with Gasteiger partial charge in [0.2, 0.25) is 5.91 Å². The molecule has 68 valence electrons. The van der Waals surface area contributed by atoms with Gasteiger partial charge in [-0.2, -0.15) is 0 Å². The van der Waals surface area contributed by atoms with E-state index >= 15 is 0 Å². The van der Waals surface area contributed by atoms with Crippen LogP contribution in [0.1, 0.15) is 18.0 Å². The average molecular weight is 178 g/mol. The first-order valence-electron chi connectivity index (χ1n) is 4.15. The zero-order valence-electron chi connectivity index (χ0n) is 6.97. The molecule has 4 nitrogen and oxygen atoms in total. The number of amides is 1. The number of hydrogen-bond acceptors (Lipinski definition) is 3. The van der Waals surface area contributed by atoms with E-state index in [9.17, 15) is 9.90 Å². The van der Waals surface area contributed by atoms with Crippen molar-refractivity contribution in [1.82, 2.24) is 10.3 Å². The first kappa shape index (κ1) is 8.19. The largest absolute Gasteiger partial charge is 0.390 e. The van der Waals surface area contributed by atoms with E-state index in [0.29, 0.717) is 0 Å². The van der Waals surface area contributed by atoms with Gasteiger partial charge in [0.1, 0.15) is 0 Å². The minimum atomic E-state index is -0.628. The fraction of sp³-hybridized carbons (Fsp3) is 0.333. The van der Waals surface area contributed by atoms with Crippen LogP contribution >= 0.6 is 0 Å². The third-order valence-corrected chi connectivity index (χ3v) is 2.14. The maximum atomic E-state index is 10.9. The Labute approximate surface area is 75.6 Å². The summed E-state index contributed by atoms with van der Waals surface area (Å²) >= 11 is 0. The lowest BCUT2D eigenvalue weighted by atomic mass is 10.1. The zero-order valence-corrected chi connectivity index (χ0v) is 6.97. The van der Waals surface area contributed by atoms with Crippen molar-refractivity contribution in [2.75, 3.05) is 0 Å². The van der Waals surface area contributed by atoms with Crippen molar-refractivity contribution in [3.05, 3.63) is 30.1 Å². The van der Waals surface area contributed by atoms with Gasteiger partial charge < -0.3 is 10.4 Å².